The lowest BCUT2D eigenvalue weighted by atomic mass is 10.1. The van der Waals surface area contributed by atoms with Crippen LogP contribution in [0.4, 0.5) is 0 Å². The Labute approximate surface area is 163 Å². The fourth-order valence-corrected chi connectivity index (χ4v) is 3.47. The van der Waals surface area contributed by atoms with Gasteiger partial charge in [-0.05, 0) is 12.5 Å². The lowest BCUT2D eigenvalue weighted by Gasteiger charge is -2.28. The van der Waals surface area contributed by atoms with Gasteiger partial charge in [0.05, 0.1) is 19.9 Å². The number of rotatable bonds is 5. The highest BCUT2D eigenvalue weighted by molar-refractivity contribution is 5.54. The van der Waals surface area contributed by atoms with Gasteiger partial charge < -0.3 is 14.5 Å². The van der Waals surface area contributed by atoms with Gasteiger partial charge in [0.2, 0.25) is 11.8 Å². The summed E-state index contributed by atoms with van der Waals surface area (Å²) >= 11 is 0. The normalized spacial score (nSPS) is 13.8. The molecular formula is C21H22N4O3. The molecule has 1 N–H and O–H groups in total. The molecule has 0 unspecified atom stereocenters. The van der Waals surface area contributed by atoms with Crippen LogP contribution in [0.15, 0.2) is 47.3 Å². The average molecular weight is 378 g/mol. The van der Waals surface area contributed by atoms with E-state index in [0.717, 1.165) is 28.9 Å². The van der Waals surface area contributed by atoms with E-state index < -0.39 is 0 Å². The van der Waals surface area contributed by atoms with Crippen molar-refractivity contribution in [2.24, 2.45) is 0 Å². The molecule has 0 saturated carbocycles. The Morgan fingerprint density at radius 3 is 2.64 bits per heavy atom. The molecule has 7 nitrogen and oxygen atoms in total. The summed E-state index contributed by atoms with van der Waals surface area (Å²) in [6.07, 6.45) is 0.665. The molecule has 0 atom stereocenters. The van der Waals surface area contributed by atoms with Crippen molar-refractivity contribution in [1.82, 2.24) is 19.9 Å². The largest absolute Gasteiger partial charge is 0.481 e. The van der Waals surface area contributed by atoms with E-state index in [1.54, 1.807) is 14.2 Å². The van der Waals surface area contributed by atoms with Crippen LogP contribution in [0.2, 0.25) is 0 Å². The predicted molar refractivity (Wildman–Crippen MR) is 105 cm³/mol. The average Bonchev–Trinajstić information content (AvgIpc) is 2.74. The molecular weight excluding hydrogens is 356 g/mol. The molecule has 1 aliphatic heterocycles. The van der Waals surface area contributed by atoms with E-state index in [1.807, 2.05) is 42.5 Å². The van der Waals surface area contributed by atoms with Gasteiger partial charge in [-0.15, -0.1) is 0 Å². The highest BCUT2D eigenvalue weighted by Crippen LogP contribution is 2.24. The Morgan fingerprint density at radius 1 is 1.07 bits per heavy atom. The molecule has 7 heteroatoms. The first-order valence-electron chi connectivity index (χ1n) is 9.15. The molecule has 0 saturated heterocycles. The summed E-state index contributed by atoms with van der Waals surface area (Å²) in [5.74, 6) is 1.68. The van der Waals surface area contributed by atoms with Crippen molar-refractivity contribution < 1.29 is 9.47 Å². The number of ether oxygens (including phenoxy) is 2. The predicted octanol–water partition coefficient (Wildman–Crippen LogP) is 2.41. The van der Waals surface area contributed by atoms with E-state index in [1.165, 1.54) is 0 Å². The van der Waals surface area contributed by atoms with Crippen LogP contribution in [0.1, 0.15) is 16.8 Å². The Bertz CT molecular complexity index is 1030. The van der Waals surface area contributed by atoms with E-state index >= 15 is 0 Å². The van der Waals surface area contributed by atoms with Gasteiger partial charge in [-0.3, -0.25) is 9.69 Å². The van der Waals surface area contributed by atoms with Gasteiger partial charge in [-0.1, -0.05) is 30.3 Å². The second kappa shape index (κ2) is 7.82. The SMILES string of the molecule is COc1ccc(CN2CCc3c(nc(-c4ccccc4)[nH]c3=O)C2)c(OC)n1. The summed E-state index contributed by atoms with van der Waals surface area (Å²) in [5.41, 5.74) is 3.43. The lowest BCUT2D eigenvalue weighted by Crippen LogP contribution is -2.35. The number of hydrogen-bond donors (Lipinski definition) is 1. The molecule has 1 aliphatic rings. The molecule has 0 bridgehead atoms. The number of methoxy groups -OCH3 is 2. The van der Waals surface area contributed by atoms with Crippen LogP contribution in [-0.4, -0.2) is 40.6 Å². The van der Waals surface area contributed by atoms with E-state index in [9.17, 15) is 4.79 Å². The number of nitrogens with one attached hydrogen (secondary N) is 1. The monoisotopic (exact) mass is 378 g/mol. The third-order valence-corrected chi connectivity index (χ3v) is 4.91. The zero-order valence-electron chi connectivity index (χ0n) is 15.9. The minimum absolute atomic E-state index is 0.0489. The maximum absolute atomic E-state index is 12.5. The summed E-state index contributed by atoms with van der Waals surface area (Å²) in [5, 5.41) is 0. The van der Waals surface area contributed by atoms with Crippen molar-refractivity contribution in [3.8, 4) is 23.1 Å². The summed E-state index contributed by atoms with van der Waals surface area (Å²) in [6.45, 7) is 2.04. The summed E-state index contributed by atoms with van der Waals surface area (Å²) in [6, 6.07) is 13.5. The number of benzene rings is 1. The Balaban J connectivity index is 1.59. The fraction of sp³-hybridized carbons (Fsp3) is 0.286. The molecule has 3 aromatic rings. The van der Waals surface area contributed by atoms with Crippen molar-refractivity contribution in [2.45, 2.75) is 19.5 Å². The van der Waals surface area contributed by atoms with E-state index in [4.69, 9.17) is 14.5 Å². The van der Waals surface area contributed by atoms with Crippen molar-refractivity contribution in [3.05, 3.63) is 69.6 Å². The number of nitrogens with zero attached hydrogens (tertiary/aromatic N) is 3. The number of hydrogen-bond acceptors (Lipinski definition) is 6. The van der Waals surface area contributed by atoms with Gasteiger partial charge in [0.15, 0.2) is 0 Å². The van der Waals surface area contributed by atoms with Gasteiger partial charge in [0.25, 0.3) is 5.56 Å². The second-order valence-corrected chi connectivity index (χ2v) is 6.69. The van der Waals surface area contributed by atoms with Crippen LogP contribution in [0.3, 0.4) is 0 Å². The van der Waals surface area contributed by atoms with E-state index in [0.29, 0.717) is 37.1 Å². The lowest BCUT2D eigenvalue weighted by molar-refractivity contribution is 0.235. The first-order valence-corrected chi connectivity index (χ1v) is 9.15. The summed E-state index contributed by atoms with van der Waals surface area (Å²) in [4.78, 5) is 26.8. The van der Waals surface area contributed by atoms with E-state index in [-0.39, 0.29) is 5.56 Å². The van der Waals surface area contributed by atoms with Gasteiger partial charge in [-0.25, -0.2) is 4.98 Å². The minimum atomic E-state index is -0.0489. The van der Waals surface area contributed by atoms with Crippen molar-refractivity contribution in [3.63, 3.8) is 0 Å². The Kier molecular flexibility index (Phi) is 5.08. The maximum atomic E-state index is 12.5. The topological polar surface area (TPSA) is 80.3 Å². The standard InChI is InChI=1S/C21H22N4O3/c1-27-18-9-8-15(21(23-18)28-2)12-25-11-10-16-17(13-25)22-19(24-20(16)26)14-6-4-3-5-7-14/h3-9H,10-13H2,1-2H3,(H,22,24,26). The molecule has 4 rings (SSSR count). The number of pyridine rings is 1. The van der Waals surface area contributed by atoms with Crippen LogP contribution in [0.25, 0.3) is 11.4 Å². The smallest absolute Gasteiger partial charge is 0.254 e. The number of fused-ring (bicyclic) bond motifs is 1. The third-order valence-electron chi connectivity index (χ3n) is 4.91. The molecule has 2 aromatic heterocycles. The fourth-order valence-electron chi connectivity index (χ4n) is 3.47. The summed E-state index contributed by atoms with van der Waals surface area (Å²) < 4.78 is 10.6. The minimum Gasteiger partial charge on any atom is -0.481 e. The Hall–Kier alpha value is -3.19. The van der Waals surface area contributed by atoms with Crippen LogP contribution >= 0.6 is 0 Å². The quantitative estimate of drug-likeness (QED) is 0.734. The zero-order valence-corrected chi connectivity index (χ0v) is 15.9. The highest BCUT2D eigenvalue weighted by atomic mass is 16.5. The van der Waals surface area contributed by atoms with Gasteiger partial charge in [0.1, 0.15) is 5.82 Å². The van der Waals surface area contributed by atoms with Gasteiger partial charge >= 0.3 is 0 Å². The zero-order chi connectivity index (χ0) is 19.5. The molecule has 0 spiro atoms. The van der Waals surface area contributed by atoms with Crippen LogP contribution < -0.4 is 15.0 Å². The molecule has 0 amide bonds. The molecule has 28 heavy (non-hydrogen) atoms. The maximum Gasteiger partial charge on any atom is 0.254 e. The third kappa shape index (κ3) is 3.61. The van der Waals surface area contributed by atoms with Gasteiger partial charge in [0, 0.05) is 42.4 Å². The molecule has 0 fully saturated rings. The van der Waals surface area contributed by atoms with Gasteiger partial charge in [-0.2, -0.15) is 4.98 Å². The number of H-pyrrole nitrogens is 1. The van der Waals surface area contributed by atoms with Crippen molar-refractivity contribution >= 4 is 0 Å². The van der Waals surface area contributed by atoms with Crippen molar-refractivity contribution in [1.29, 1.82) is 0 Å². The van der Waals surface area contributed by atoms with Crippen molar-refractivity contribution in [2.75, 3.05) is 20.8 Å². The first kappa shape index (κ1) is 18.2. The van der Waals surface area contributed by atoms with E-state index in [2.05, 4.69) is 14.9 Å². The molecule has 0 aliphatic carbocycles. The summed E-state index contributed by atoms with van der Waals surface area (Å²) in [7, 11) is 3.18. The number of aromatic amines is 1. The molecule has 144 valence electrons. The second-order valence-electron chi connectivity index (χ2n) is 6.69. The van der Waals surface area contributed by atoms with Crippen LogP contribution in [-0.2, 0) is 19.5 Å². The molecule has 3 heterocycles. The highest BCUT2D eigenvalue weighted by Gasteiger charge is 2.22. The molecule has 0 radical (unpaired) electrons. The number of aromatic nitrogens is 3. The van der Waals surface area contributed by atoms with Crippen LogP contribution in [0.5, 0.6) is 11.8 Å². The van der Waals surface area contributed by atoms with Crippen LogP contribution in [0, 0.1) is 0 Å². The Morgan fingerprint density at radius 2 is 1.89 bits per heavy atom. The molecule has 1 aromatic carbocycles. The first-order chi connectivity index (χ1) is 13.7.